The predicted molar refractivity (Wildman–Crippen MR) is 50.6 cm³/mol. The molecule has 0 spiro atoms. The molecule has 0 heteroatoms. The van der Waals surface area contributed by atoms with Gasteiger partial charge in [-0.1, -0.05) is 33.6 Å². The number of hydrogen-bond donors (Lipinski definition) is 0. The van der Waals surface area contributed by atoms with E-state index < -0.39 is 0 Å². The van der Waals surface area contributed by atoms with Crippen molar-refractivity contribution in [2.24, 2.45) is 17.8 Å². The standard InChI is InChI=1S/C11H22/c1-4-5-10-7-11(8-10)6-9(2)3/h9-11H,4-8H2,1-3H3. The van der Waals surface area contributed by atoms with E-state index in [0.29, 0.717) is 0 Å². The second-order valence-corrected chi connectivity index (χ2v) is 4.62. The predicted octanol–water partition coefficient (Wildman–Crippen LogP) is 3.86. The lowest BCUT2D eigenvalue weighted by Gasteiger charge is -2.36. The van der Waals surface area contributed by atoms with E-state index in [2.05, 4.69) is 20.8 Å². The highest BCUT2D eigenvalue weighted by Gasteiger charge is 2.28. The van der Waals surface area contributed by atoms with E-state index in [1.54, 1.807) is 0 Å². The van der Waals surface area contributed by atoms with Crippen LogP contribution in [-0.4, -0.2) is 0 Å². The Morgan fingerprint density at radius 1 is 1.18 bits per heavy atom. The van der Waals surface area contributed by atoms with Crippen molar-refractivity contribution in [3.63, 3.8) is 0 Å². The lowest BCUT2D eigenvalue weighted by molar-refractivity contribution is 0.155. The molecule has 0 heterocycles. The first-order chi connectivity index (χ1) is 5.22. The van der Waals surface area contributed by atoms with Crippen LogP contribution in [0, 0.1) is 17.8 Å². The van der Waals surface area contributed by atoms with Crippen LogP contribution >= 0.6 is 0 Å². The van der Waals surface area contributed by atoms with Gasteiger partial charge in [0.05, 0.1) is 0 Å². The van der Waals surface area contributed by atoms with Crippen LogP contribution < -0.4 is 0 Å². The van der Waals surface area contributed by atoms with Gasteiger partial charge in [0.25, 0.3) is 0 Å². The summed E-state index contributed by atoms with van der Waals surface area (Å²) in [5.41, 5.74) is 0. The van der Waals surface area contributed by atoms with E-state index in [9.17, 15) is 0 Å². The second-order valence-electron chi connectivity index (χ2n) is 4.62. The van der Waals surface area contributed by atoms with Crippen LogP contribution in [0.25, 0.3) is 0 Å². The molecule has 0 aromatic heterocycles. The zero-order chi connectivity index (χ0) is 8.27. The van der Waals surface area contributed by atoms with Crippen molar-refractivity contribution < 1.29 is 0 Å². The van der Waals surface area contributed by atoms with Crippen molar-refractivity contribution >= 4 is 0 Å². The molecule has 0 aliphatic heterocycles. The fraction of sp³-hybridized carbons (Fsp3) is 1.00. The Balaban J connectivity index is 2.00. The van der Waals surface area contributed by atoms with Gasteiger partial charge < -0.3 is 0 Å². The summed E-state index contributed by atoms with van der Waals surface area (Å²) >= 11 is 0. The fourth-order valence-corrected chi connectivity index (χ4v) is 2.38. The van der Waals surface area contributed by atoms with Crippen LogP contribution in [0.15, 0.2) is 0 Å². The summed E-state index contributed by atoms with van der Waals surface area (Å²) in [6.45, 7) is 6.98. The Labute approximate surface area is 71.4 Å². The first-order valence-electron chi connectivity index (χ1n) is 5.22. The molecule has 1 saturated carbocycles. The van der Waals surface area contributed by atoms with Gasteiger partial charge in [-0.3, -0.25) is 0 Å². The SMILES string of the molecule is CCCC1CC(CC(C)C)C1. The van der Waals surface area contributed by atoms with Gasteiger partial charge in [-0.25, -0.2) is 0 Å². The van der Waals surface area contributed by atoms with Crippen molar-refractivity contribution in [2.45, 2.75) is 52.9 Å². The smallest absolute Gasteiger partial charge is 0.0407 e. The van der Waals surface area contributed by atoms with Gasteiger partial charge >= 0.3 is 0 Å². The molecule has 1 aliphatic carbocycles. The summed E-state index contributed by atoms with van der Waals surface area (Å²) in [5.74, 6) is 3.11. The van der Waals surface area contributed by atoms with E-state index in [4.69, 9.17) is 0 Å². The largest absolute Gasteiger partial charge is 0.0654 e. The lowest BCUT2D eigenvalue weighted by atomic mass is 9.70. The minimum absolute atomic E-state index is 0.919. The molecule has 0 aromatic carbocycles. The second kappa shape index (κ2) is 4.13. The fourth-order valence-electron chi connectivity index (χ4n) is 2.38. The minimum atomic E-state index is 0.919. The van der Waals surface area contributed by atoms with E-state index in [1.807, 2.05) is 0 Å². The maximum Gasteiger partial charge on any atom is -0.0407 e. The molecule has 0 aromatic rings. The average Bonchev–Trinajstić information content (AvgIpc) is 1.82. The molecule has 0 bridgehead atoms. The molecule has 1 fully saturated rings. The minimum Gasteiger partial charge on any atom is -0.0654 e. The van der Waals surface area contributed by atoms with E-state index in [0.717, 1.165) is 17.8 Å². The molecular formula is C11H22. The number of rotatable bonds is 4. The summed E-state index contributed by atoms with van der Waals surface area (Å²) in [6.07, 6.45) is 7.41. The van der Waals surface area contributed by atoms with Crippen LogP contribution in [0.4, 0.5) is 0 Å². The Kier molecular flexibility index (Phi) is 3.42. The summed E-state index contributed by atoms with van der Waals surface area (Å²) in [4.78, 5) is 0. The molecule has 0 nitrogen and oxygen atoms in total. The van der Waals surface area contributed by atoms with Gasteiger partial charge in [0.2, 0.25) is 0 Å². The molecule has 0 N–H and O–H groups in total. The maximum absolute atomic E-state index is 2.34. The molecule has 11 heavy (non-hydrogen) atoms. The highest BCUT2D eigenvalue weighted by Crippen LogP contribution is 2.40. The highest BCUT2D eigenvalue weighted by atomic mass is 14.3. The summed E-state index contributed by atoms with van der Waals surface area (Å²) < 4.78 is 0. The Morgan fingerprint density at radius 2 is 1.82 bits per heavy atom. The normalized spacial score (nSPS) is 30.5. The van der Waals surface area contributed by atoms with Crippen molar-refractivity contribution in [2.75, 3.05) is 0 Å². The quantitative estimate of drug-likeness (QED) is 0.577. The van der Waals surface area contributed by atoms with Crippen LogP contribution in [0.2, 0.25) is 0 Å². The van der Waals surface area contributed by atoms with Crippen LogP contribution in [0.3, 0.4) is 0 Å². The topological polar surface area (TPSA) is 0 Å². The molecule has 66 valence electrons. The summed E-state index contributed by atoms with van der Waals surface area (Å²) in [7, 11) is 0. The summed E-state index contributed by atoms with van der Waals surface area (Å²) in [5, 5.41) is 0. The monoisotopic (exact) mass is 154 g/mol. The third-order valence-corrected chi connectivity index (χ3v) is 2.83. The van der Waals surface area contributed by atoms with Crippen LogP contribution in [0.5, 0.6) is 0 Å². The Morgan fingerprint density at radius 3 is 2.27 bits per heavy atom. The van der Waals surface area contributed by atoms with Crippen LogP contribution in [0.1, 0.15) is 52.9 Å². The van der Waals surface area contributed by atoms with Gasteiger partial charge in [0.15, 0.2) is 0 Å². The van der Waals surface area contributed by atoms with E-state index in [1.165, 1.54) is 32.1 Å². The first kappa shape index (κ1) is 9.09. The Hall–Kier alpha value is 0. The molecule has 0 saturated heterocycles. The van der Waals surface area contributed by atoms with Gasteiger partial charge in [0, 0.05) is 0 Å². The molecule has 0 unspecified atom stereocenters. The molecule has 0 radical (unpaired) electrons. The lowest BCUT2D eigenvalue weighted by Crippen LogP contribution is -2.24. The van der Waals surface area contributed by atoms with E-state index >= 15 is 0 Å². The van der Waals surface area contributed by atoms with Gasteiger partial charge in [0.1, 0.15) is 0 Å². The van der Waals surface area contributed by atoms with Gasteiger partial charge in [-0.15, -0.1) is 0 Å². The maximum atomic E-state index is 2.34. The van der Waals surface area contributed by atoms with Crippen molar-refractivity contribution in [1.82, 2.24) is 0 Å². The zero-order valence-corrected chi connectivity index (χ0v) is 8.27. The van der Waals surface area contributed by atoms with E-state index in [-0.39, 0.29) is 0 Å². The molecule has 0 atom stereocenters. The van der Waals surface area contributed by atoms with Crippen molar-refractivity contribution in [3.8, 4) is 0 Å². The van der Waals surface area contributed by atoms with Gasteiger partial charge in [-0.2, -0.15) is 0 Å². The third kappa shape index (κ3) is 2.84. The Bertz CT molecular complexity index is 98.6. The van der Waals surface area contributed by atoms with Crippen LogP contribution in [-0.2, 0) is 0 Å². The van der Waals surface area contributed by atoms with Crippen molar-refractivity contribution in [1.29, 1.82) is 0 Å². The molecule has 1 aliphatic rings. The molecular weight excluding hydrogens is 132 g/mol. The molecule has 1 rings (SSSR count). The number of hydrogen-bond acceptors (Lipinski definition) is 0. The van der Waals surface area contributed by atoms with Gasteiger partial charge in [-0.05, 0) is 37.0 Å². The average molecular weight is 154 g/mol. The molecule has 0 amide bonds. The zero-order valence-electron chi connectivity index (χ0n) is 8.27. The highest BCUT2D eigenvalue weighted by molar-refractivity contribution is 4.79. The van der Waals surface area contributed by atoms with Crippen molar-refractivity contribution in [3.05, 3.63) is 0 Å². The summed E-state index contributed by atoms with van der Waals surface area (Å²) in [6, 6.07) is 0. The third-order valence-electron chi connectivity index (χ3n) is 2.83. The first-order valence-corrected chi connectivity index (χ1v) is 5.22.